The van der Waals surface area contributed by atoms with Crippen molar-refractivity contribution in [1.82, 2.24) is 14.5 Å². The van der Waals surface area contributed by atoms with Crippen molar-refractivity contribution in [2.75, 3.05) is 45.2 Å². The number of aromatic amines is 1. The minimum Gasteiger partial charge on any atom is -0.464 e. The van der Waals surface area contributed by atoms with Crippen LogP contribution in [0.1, 0.15) is 23.0 Å². The molecule has 0 aliphatic carbocycles. The molecule has 0 saturated heterocycles. The first-order chi connectivity index (χ1) is 17.5. The number of esters is 1. The van der Waals surface area contributed by atoms with Crippen molar-refractivity contribution in [2.24, 2.45) is 0 Å². The van der Waals surface area contributed by atoms with Crippen LogP contribution in [0.15, 0.2) is 42.7 Å². The second kappa shape index (κ2) is 11.2. The zero-order chi connectivity index (χ0) is 25.7. The van der Waals surface area contributed by atoms with E-state index < -0.39 is 5.97 Å². The summed E-state index contributed by atoms with van der Waals surface area (Å²) in [7, 11) is 4.39. The van der Waals surface area contributed by atoms with Gasteiger partial charge in [-0.1, -0.05) is 18.2 Å². The zero-order valence-electron chi connectivity index (χ0n) is 20.9. The molecule has 10 nitrogen and oxygen atoms in total. The van der Waals surface area contributed by atoms with E-state index >= 15 is 0 Å². The number of benzene rings is 1. The van der Waals surface area contributed by atoms with Gasteiger partial charge in [-0.3, -0.25) is 4.79 Å². The fraction of sp³-hybridized carbons (Fsp3) is 0.346. The summed E-state index contributed by atoms with van der Waals surface area (Å²) in [6.45, 7) is 2.79. The van der Waals surface area contributed by atoms with E-state index in [2.05, 4.69) is 26.7 Å². The third-order valence-corrected chi connectivity index (χ3v) is 5.93. The maximum atomic E-state index is 13.0. The number of aromatic nitrogens is 3. The number of anilines is 2. The number of aryl methyl sites for hydroxylation is 2. The smallest absolute Gasteiger partial charge is 0.356 e. The van der Waals surface area contributed by atoms with E-state index in [0.29, 0.717) is 36.3 Å². The molecule has 0 aliphatic rings. The van der Waals surface area contributed by atoms with Gasteiger partial charge in [0.1, 0.15) is 12.3 Å². The number of pyridine rings is 1. The third kappa shape index (κ3) is 5.19. The van der Waals surface area contributed by atoms with E-state index in [0.717, 1.165) is 22.2 Å². The molecule has 190 valence electrons. The summed E-state index contributed by atoms with van der Waals surface area (Å²) >= 11 is 0. The van der Waals surface area contributed by atoms with Crippen molar-refractivity contribution >= 4 is 45.2 Å². The number of H-pyrrole nitrogens is 1. The number of rotatable bonds is 11. The van der Waals surface area contributed by atoms with Gasteiger partial charge in [0, 0.05) is 49.3 Å². The monoisotopic (exact) mass is 493 g/mol. The fourth-order valence-corrected chi connectivity index (χ4v) is 4.41. The minimum atomic E-state index is -0.568. The van der Waals surface area contributed by atoms with Gasteiger partial charge in [0.2, 0.25) is 5.91 Å². The van der Waals surface area contributed by atoms with E-state index in [1.165, 1.54) is 14.2 Å². The number of fused-ring (bicyclic) bond motifs is 2. The summed E-state index contributed by atoms with van der Waals surface area (Å²) in [6.07, 6.45) is 4.32. The zero-order valence-corrected chi connectivity index (χ0v) is 20.9. The third-order valence-electron chi connectivity index (χ3n) is 5.93. The number of hydrogen-bond donors (Lipinski definition) is 3. The van der Waals surface area contributed by atoms with Crippen LogP contribution in [0, 0.1) is 0 Å². The van der Waals surface area contributed by atoms with Gasteiger partial charge in [-0.05, 0) is 31.0 Å². The molecule has 4 aromatic rings. The van der Waals surface area contributed by atoms with Crippen molar-refractivity contribution in [3.05, 3.63) is 54.0 Å². The van der Waals surface area contributed by atoms with Crippen LogP contribution in [0.3, 0.4) is 0 Å². The Kier molecular flexibility index (Phi) is 7.87. The van der Waals surface area contributed by atoms with Gasteiger partial charge in [-0.25, -0.2) is 9.78 Å². The van der Waals surface area contributed by atoms with Crippen LogP contribution in [-0.2, 0) is 32.0 Å². The van der Waals surface area contributed by atoms with Gasteiger partial charge < -0.3 is 34.4 Å². The predicted octanol–water partition coefficient (Wildman–Crippen LogP) is 3.58. The van der Waals surface area contributed by atoms with Gasteiger partial charge in [0.25, 0.3) is 0 Å². The Morgan fingerprint density at radius 3 is 2.69 bits per heavy atom. The first-order valence-electron chi connectivity index (χ1n) is 11.7. The van der Waals surface area contributed by atoms with E-state index in [-0.39, 0.29) is 24.2 Å². The lowest BCUT2D eigenvalue weighted by atomic mass is 10.1. The highest BCUT2D eigenvalue weighted by molar-refractivity contribution is 6.11. The molecule has 3 aromatic heterocycles. The van der Waals surface area contributed by atoms with E-state index in [9.17, 15) is 9.59 Å². The normalized spacial score (nSPS) is 12.1. The number of hydrogen-bond acceptors (Lipinski definition) is 7. The number of nitrogens with zero attached hydrogens (tertiary/aromatic N) is 2. The Morgan fingerprint density at radius 2 is 1.94 bits per heavy atom. The molecular formula is C26H31N5O5. The molecule has 3 heterocycles. The summed E-state index contributed by atoms with van der Waals surface area (Å²) in [4.78, 5) is 33.5. The molecule has 1 atom stereocenters. The topological polar surface area (TPSA) is 120 Å². The summed E-state index contributed by atoms with van der Waals surface area (Å²) in [5, 5.41) is 7.91. The van der Waals surface area contributed by atoms with E-state index in [4.69, 9.17) is 14.2 Å². The van der Waals surface area contributed by atoms with Gasteiger partial charge in [0.15, 0.2) is 5.69 Å². The molecular weight excluding hydrogens is 462 g/mol. The Bertz CT molecular complexity index is 1380. The number of methoxy groups -OCH3 is 3. The molecule has 36 heavy (non-hydrogen) atoms. The largest absolute Gasteiger partial charge is 0.464 e. The second-order valence-corrected chi connectivity index (χ2v) is 8.55. The predicted molar refractivity (Wildman–Crippen MR) is 139 cm³/mol. The molecule has 0 fully saturated rings. The van der Waals surface area contributed by atoms with Crippen LogP contribution in [0.5, 0.6) is 0 Å². The molecule has 1 aromatic carbocycles. The Labute approximate surface area is 208 Å². The van der Waals surface area contributed by atoms with Crippen molar-refractivity contribution in [2.45, 2.75) is 25.9 Å². The molecule has 0 radical (unpaired) electrons. The minimum absolute atomic E-state index is 0.0322. The quantitative estimate of drug-likeness (QED) is 0.273. The highest BCUT2D eigenvalue weighted by atomic mass is 16.5. The average Bonchev–Trinajstić information content (AvgIpc) is 3.41. The molecule has 0 saturated carbocycles. The van der Waals surface area contributed by atoms with Crippen molar-refractivity contribution in [3.8, 4) is 0 Å². The van der Waals surface area contributed by atoms with Gasteiger partial charge in [0.05, 0.1) is 31.3 Å². The summed E-state index contributed by atoms with van der Waals surface area (Å²) in [6, 6.07) is 9.96. The highest BCUT2D eigenvalue weighted by Crippen LogP contribution is 2.33. The van der Waals surface area contributed by atoms with Crippen LogP contribution in [-0.4, -0.2) is 67.0 Å². The number of amides is 1. The number of para-hydroxylation sites is 1. The van der Waals surface area contributed by atoms with Crippen LogP contribution in [0.25, 0.3) is 21.9 Å². The number of carbonyl (C=O) groups is 2. The maximum absolute atomic E-state index is 13.0. The standard InChI is InChI=1S/C26H31N5O5/c1-16(14-34-2)29-18-11-20-23(30-22(32)15-35-3)24(26(33)36-4)31(25(20)28-13-18)10-9-17-12-27-21-8-6-5-7-19(17)21/h5-8,11-13,16,27,29H,9-10,14-15H2,1-4H3,(H,30,32). The fourth-order valence-electron chi connectivity index (χ4n) is 4.41. The molecule has 1 amide bonds. The van der Waals surface area contributed by atoms with Crippen LogP contribution >= 0.6 is 0 Å². The second-order valence-electron chi connectivity index (χ2n) is 8.55. The van der Waals surface area contributed by atoms with E-state index in [1.54, 1.807) is 17.9 Å². The molecule has 0 aliphatic heterocycles. The number of carbonyl (C=O) groups excluding carboxylic acids is 2. The molecule has 0 bridgehead atoms. The van der Waals surface area contributed by atoms with E-state index in [1.807, 2.05) is 37.4 Å². The summed E-state index contributed by atoms with van der Waals surface area (Å²) in [5.74, 6) is -0.952. The van der Waals surface area contributed by atoms with Crippen molar-refractivity contribution < 1.29 is 23.8 Å². The SMILES string of the molecule is COCC(=O)Nc1c(C(=O)OC)n(CCc2c[nH]c3ccccc23)c2ncc(NC(C)COC)cc12. The summed E-state index contributed by atoms with van der Waals surface area (Å²) < 4.78 is 17.1. The van der Waals surface area contributed by atoms with Crippen LogP contribution in [0.4, 0.5) is 11.4 Å². The van der Waals surface area contributed by atoms with Gasteiger partial charge >= 0.3 is 5.97 Å². The van der Waals surface area contributed by atoms with Crippen molar-refractivity contribution in [1.29, 1.82) is 0 Å². The first-order valence-corrected chi connectivity index (χ1v) is 11.7. The Balaban J connectivity index is 1.79. The maximum Gasteiger partial charge on any atom is 0.356 e. The Hall–Kier alpha value is -3.89. The van der Waals surface area contributed by atoms with Gasteiger partial charge in [-0.2, -0.15) is 0 Å². The Morgan fingerprint density at radius 1 is 1.14 bits per heavy atom. The molecule has 4 rings (SSSR count). The molecule has 3 N–H and O–H groups in total. The van der Waals surface area contributed by atoms with Gasteiger partial charge in [-0.15, -0.1) is 0 Å². The van der Waals surface area contributed by atoms with Crippen LogP contribution in [0.2, 0.25) is 0 Å². The molecule has 1 unspecified atom stereocenters. The first kappa shape index (κ1) is 25.2. The van der Waals surface area contributed by atoms with Crippen LogP contribution < -0.4 is 10.6 Å². The highest BCUT2D eigenvalue weighted by Gasteiger charge is 2.26. The average molecular weight is 494 g/mol. The number of ether oxygens (including phenoxy) is 3. The summed E-state index contributed by atoms with van der Waals surface area (Å²) in [5.41, 5.74) is 4.02. The lowest BCUT2D eigenvalue weighted by Gasteiger charge is -2.14. The van der Waals surface area contributed by atoms with Crippen molar-refractivity contribution in [3.63, 3.8) is 0 Å². The lowest BCUT2D eigenvalue weighted by molar-refractivity contribution is -0.119. The molecule has 0 spiro atoms. The number of nitrogens with one attached hydrogen (secondary N) is 3. The lowest BCUT2D eigenvalue weighted by Crippen LogP contribution is -2.21. The molecule has 10 heteroatoms.